The molecule has 8 heteroatoms. The van der Waals surface area contributed by atoms with Crippen LogP contribution in [0.1, 0.15) is 28.5 Å². The first kappa shape index (κ1) is 22.2. The molecule has 4 aromatic rings. The van der Waals surface area contributed by atoms with Crippen molar-refractivity contribution in [2.24, 2.45) is 5.10 Å². The van der Waals surface area contributed by atoms with E-state index in [1.165, 1.54) is 16.9 Å². The van der Waals surface area contributed by atoms with Crippen LogP contribution in [-0.2, 0) is 6.54 Å². The number of amides is 1. The number of hydrazone groups is 1. The molecular weight excluding hydrogens is 434 g/mol. The minimum atomic E-state index is -0.582. The van der Waals surface area contributed by atoms with Gasteiger partial charge < -0.3 is 9.88 Å². The molecule has 1 amide bonds. The maximum Gasteiger partial charge on any atom is 0.346 e. The first-order valence-corrected chi connectivity index (χ1v) is 11.4. The van der Waals surface area contributed by atoms with Crippen molar-refractivity contribution in [2.75, 3.05) is 11.4 Å². The Morgan fingerprint density at radius 3 is 2.61 bits per heavy atom. The molecule has 0 saturated carbocycles. The number of aromatic amines is 1. The highest BCUT2D eigenvalue weighted by Crippen LogP contribution is 2.21. The van der Waals surface area contributed by atoms with Gasteiger partial charge in [0.2, 0.25) is 0 Å². The molecule has 2 aromatic heterocycles. The minimum Gasteiger partial charge on any atom is -0.367 e. The van der Waals surface area contributed by atoms with Gasteiger partial charge in [0, 0.05) is 18.8 Å². The zero-order chi connectivity index (χ0) is 23.0. The lowest BCUT2D eigenvalue weighted by Crippen LogP contribution is -2.24. The number of hydrogen-bond acceptors (Lipinski definition) is 6. The molecule has 166 valence electrons. The van der Waals surface area contributed by atoms with E-state index < -0.39 is 11.6 Å². The first-order valence-electron chi connectivity index (χ1n) is 10.5. The fourth-order valence-corrected chi connectivity index (χ4v) is 4.02. The van der Waals surface area contributed by atoms with Crippen LogP contribution in [0.2, 0.25) is 0 Å². The van der Waals surface area contributed by atoms with Gasteiger partial charge >= 0.3 is 5.69 Å². The Balaban J connectivity index is 1.39. The van der Waals surface area contributed by atoms with Crippen LogP contribution in [0, 0.1) is 0 Å². The summed E-state index contributed by atoms with van der Waals surface area (Å²) in [6.07, 6.45) is 1.56. The fourth-order valence-electron chi connectivity index (χ4n) is 3.32. The first-order chi connectivity index (χ1) is 16.1. The Morgan fingerprint density at radius 2 is 1.91 bits per heavy atom. The maximum absolute atomic E-state index is 12.4. The number of hydrogen-bond donors (Lipinski definition) is 2. The van der Waals surface area contributed by atoms with Crippen LogP contribution in [0.4, 0.5) is 5.69 Å². The molecule has 0 atom stereocenters. The number of nitrogens with zero attached hydrogens (tertiary/aromatic N) is 3. The van der Waals surface area contributed by atoms with E-state index in [0.29, 0.717) is 5.69 Å². The predicted molar refractivity (Wildman–Crippen MR) is 133 cm³/mol. The van der Waals surface area contributed by atoms with Gasteiger partial charge in [-0.2, -0.15) is 10.1 Å². The summed E-state index contributed by atoms with van der Waals surface area (Å²) in [7, 11) is 0. The average Bonchev–Trinajstić information content (AvgIpc) is 3.38. The Bertz CT molecular complexity index is 1280. The van der Waals surface area contributed by atoms with Gasteiger partial charge in [0.1, 0.15) is 5.69 Å². The highest BCUT2D eigenvalue weighted by Gasteiger charge is 2.11. The molecule has 0 aliphatic carbocycles. The molecule has 0 spiro atoms. The van der Waals surface area contributed by atoms with Crippen LogP contribution < -0.4 is 16.0 Å². The van der Waals surface area contributed by atoms with E-state index in [1.54, 1.807) is 12.3 Å². The Labute approximate surface area is 195 Å². The smallest absolute Gasteiger partial charge is 0.346 e. The standard InChI is InChI=1S/C25H23N5O2S/c1-2-30(17-19-7-4-3-5-8-19)20-12-10-18(11-13-20)16-26-29-24(31)22-15-21(27-25(32)28-22)23-9-6-14-33-23/h3-16H,2,17H2,1H3,(H,29,31)(H,27,28,32)/b26-16+. The molecule has 0 radical (unpaired) electrons. The Kier molecular flexibility index (Phi) is 7.06. The van der Waals surface area contributed by atoms with Crippen molar-refractivity contribution in [3.8, 4) is 10.6 Å². The lowest BCUT2D eigenvalue weighted by molar-refractivity contribution is 0.0949. The number of carbonyl (C=O) groups excluding carboxylic acids is 1. The summed E-state index contributed by atoms with van der Waals surface area (Å²) in [6, 6.07) is 23.5. The molecule has 2 heterocycles. The number of rotatable bonds is 8. The van der Waals surface area contributed by atoms with Crippen LogP contribution >= 0.6 is 11.3 Å². The molecule has 7 nitrogen and oxygen atoms in total. The molecule has 0 unspecified atom stereocenters. The summed E-state index contributed by atoms with van der Waals surface area (Å²) in [5.74, 6) is -0.549. The highest BCUT2D eigenvalue weighted by molar-refractivity contribution is 7.13. The summed E-state index contributed by atoms with van der Waals surface area (Å²) < 4.78 is 0. The monoisotopic (exact) mass is 457 g/mol. The quantitative estimate of drug-likeness (QED) is 0.305. The van der Waals surface area contributed by atoms with Crippen molar-refractivity contribution < 1.29 is 4.79 Å². The molecule has 0 saturated heterocycles. The summed E-state index contributed by atoms with van der Waals surface area (Å²) >= 11 is 1.46. The molecular formula is C25H23N5O2S. The second-order valence-electron chi connectivity index (χ2n) is 7.25. The largest absolute Gasteiger partial charge is 0.367 e. The third-order valence-electron chi connectivity index (χ3n) is 5.00. The summed E-state index contributed by atoms with van der Waals surface area (Å²) in [6.45, 7) is 3.84. The molecule has 0 aliphatic heterocycles. The SMILES string of the molecule is CCN(Cc1ccccc1)c1ccc(/C=N/NC(=O)c2cc(-c3cccs3)[nH]c(=O)n2)cc1. The zero-order valence-electron chi connectivity index (χ0n) is 18.1. The lowest BCUT2D eigenvalue weighted by atomic mass is 10.1. The van der Waals surface area contributed by atoms with Crippen molar-refractivity contribution >= 4 is 29.1 Å². The summed E-state index contributed by atoms with van der Waals surface area (Å²) in [5.41, 5.74) is 5.61. The number of aromatic nitrogens is 2. The van der Waals surface area contributed by atoms with Gasteiger partial charge in [-0.25, -0.2) is 10.2 Å². The van der Waals surface area contributed by atoms with E-state index in [1.807, 2.05) is 60.0 Å². The van der Waals surface area contributed by atoms with E-state index in [4.69, 9.17) is 0 Å². The van der Waals surface area contributed by atoms with Gasteiger partial charge in [-0.3, -0.25) is 4.79 Å². The maximum atomic E-state index is 12.4. The number of nitrogens with one attached hydrogen (secondary N) is 2. The predicted octanol–water partition coefficient (Wildman–Crippen LogP) is 4.29. The van der Waals surface area contributed by atoms with E-state index in [9.17, 15) is 9.59 Å². The van der Waals surface area contributed by atoms with Crippen molar-refractivity contribution in [1.82, 2.24) is 15.4 Å². The average molecular weight is 458 g/mol. The number of H-pyrrole nitrogens is 1. The van der Waals surface area contributed by atoms with Crippen LogP contribution in [-0.4, -0.2) is 28.6 Å². The van der Waals surface area contributed by atoms with Crippen molar-refractivity contribution in [3.05, 3.63) is 105 Å². The summed E-state index contributed by atoms with van der Waals surface area (Å²) in [5, 5.41) is 5.91. The normalized spacial score (nSPS) is 10.9. The van der Waals surface area contributed by atoms with E-state index in [-0.39, 0.29) is 5.69 Å². The topological polar surface area (TPSA) is 90.5 Å². The van der Waals surface area contributed by atoms with E-state index >= 15 is 0 Å². The number of thiophene rings is 1. The zero-order valence-corrected chi connectivity index (χ0v) is 18.9. The Hall–Kier alpha value is -4.04. The van der Waals surface area contributed by atoms with E-state index in [2.05, 4.69) is 44.5 Å². The second-order valence-corrected chi connectivity index (χ2v) is 8.20. The molecule has 4 rings (SSSR count). The molecule has 33 heavy (non-hydrogen) atoms. The molecule has 0 fully saturated rings. The van der Waals surface area contributed by atoms with Crippen molar-refractivity contribution in [1.29, 1.82) is 0 Å². The number of anilines is 1. The van der Waals surface area contributed by atoms with Gasteiger partial charge in [0.25, 0.3) is 5.91 Å². The van der Waals surface area contributed by atoms with Gasteiger partial charge in [0.15, 0.2) is 0 Å². The van der Waals surface area contributed by atoms with Crippen LogP contribution in [0.3, 0.4) is 0 Å². The third kappa shape index (κ3) is 5.81. The van der Waals surface area contributed by atoms with Crippen molar-refractivity contribution in [2.45, 2.75) is 13.5 Å². The van der Waals surface area contributed by atoms with Crippen LogP contribution in [0.15, 0.2) is 88.1 Å². The molecule has 0 aliphatic rings. The van der Waals surface area contributed by atoms with Crippen molar-refractivity contribution in [3.63, 3.8) is 0 Å². The highest BCUT2D eigenvalue weighted by atomic mass is 32.1. The minimum absolute atomic E-state index is 0.00847. The molecule has 2 N–H and O–H groups in total. The number of benzene rings is 2. The number of carbonyl (C=O) groups is 1. The Morgan fingerprint density at radius 1 is 1.12 bits per heavy atom. The molecule has 0 bridgehead atoms. The lowest BCUT2D eigenvalue weighted by Gasteiger charge is -2.23. The van der Waals surface area contributed by atoms with Gasteiger partial charge in [-0.05, 0) is 47.7 Å². The summed E-state index contributed by atoms with van der Waals surface area (Å²) in [4.78, 5) is 33.8. The van der Waals surface area contributed by atoms with Crippen LogP contribution in [0.25, 0.3) is 10.6 Å². The van der Waals surface area contributed by atoms with Gasteiger partial charge in [-0.15, -0.1) is 11.3 Å². The third-order valence-corrected chi connectivity index (χ3v) is 5.90. The molecule has 2 aromatic carbocycles. The van der Waals surface area contributed by atoms with E-state index in [0.717, 1.165) is 29.2 Å². The second kappa shape index (κ2) is 10.5. The van der Waals surface area contributed by atoms with Gasteiger partial charge in [-0.1, -0.05) is 48.5 Å². The fraction of sp³-hybridized carbons (Fsp3) is 0.120. The van der Waals surface area contributed by atoms with Gasteiger partial charge in [0.05, 0.1) is 16.8 Å². The van der Waals surface area contributed by atoms with Crippen LogP contribution in [0.5, 0.6) is 0 Å².